The van der Waals surface area contributed by atoms with Crippen LogP contribution < -0.4 is 0 Å². The third-order valence-corrected chi connectivity index (χ3v) is 4.80. The number of benzene rings is 1. The Morgan fingerprint density at radius 2 is 2.18 bits per heavy atom. The molecule has 0 radical (unpaired) electrons. The second-order valence-electron chi connectivity index (χ2n) is 5.11. The first-order valence-electron chi connectivity index (χ1n) is 7.10. The van der Waals surface area contributed by atoms with E-state index >= 15 is 0 Å². The van der Waals surface area contributed by atoms with Crippen LogP contribution in [0, 0.1) is 18.3 Å². The molecule has 1 aliphatic heterocycles. The smallest absolute Gasteiger partial charge is 0.258 e. The van der Waals surface area contributed by atoms with E-state index in [0.717, 1.165) is 17.1 Å². The molecule has 3 rings (SSSR count). The molecule has 6 heteroatoms. The van der Waals surface area contributed by atoms with E-state index < -0.39 is 0 Å². The van der Waals surface area contributed by atoms with Gasteiger partial charge in [-0.1, -0.05) is 18.2 Å². The molecule has 1 fully saturated rings. The van der Waals surface area contributed by atoms with Gasteiger partial charge in [-0.25, -0.2) is 4.68 Å². The monoisotopic (exact) mass is 312 g/mol. The average Bonchev–Trinajstić information content (AvgIpc) is 2.96. The summed E-state index contributed by atoms with van der Waals surface area (Å²) in [4.78, 5) is 14.4. The number of thioether (sulfide) groups is 1. The molecular formula is C16H16N4OS. The zero-order valence-corrected chi connectivity index (χ0v) is 13.1. The standard InChI is InChI=1S/C16H16N4OS/c1-12-15(10-18-20(12)13-5-3-2-4-6-13)16(21)19-7-8-22-11-14(19)9-17/h2-6,10,14H,7-8,11H2,1H3/t14-/m1/s1. The Bertz CT molecular complexity index is 719. The van der Waals surface area contributed by atoms with E-state index in [0.29, 0.717) is 17.9 Å². The summed E-state index contributed by atoms with van der Waals surface area (Å²) in [6.07, 6.45) is 1.60. The molecule has 0 bridgehead atoms. The third kappa shape index (κ3) is 2.60. The second kappa shape index (κ2) is 6.24. The van der Waals surface area contributed by atoms with Crippen LogP contribution in [-0.2, 0) is 0 Å². The number of para-hydroxylation sites is 1. The fourth-order valence-electron chi connectivity index (χ4n) is 2.56. The van der Waals surface area contributed by atoms with E-state index in [-0.39, 0.29) is 11.9 Å². The number of carbonyl (C=O) groups excluding carboxylic acids is 1. The molecule has 2 aromatic rings. The Labute approximate surface area is 133 Å². The number of rotatable bonds is 2. The SMILES string of the molecule is Cc1c(C(=O)N2CCSC[C@H]2C#N)cnn1-c1ccccc1. The number of nitriles is 1. The highest BCUT2D eigenvalue weighted by Crippen LogP contribution is 2.21. The van der Waals surface area contributed by atoms with Gasteiger partial charge < -0.3 is 4.90 Å². The number of nitrogens with zero attached hydrogens (tertiary/aromatic N) is 4. The Morgan fingerprint density at radius 3 is 2.91 bits per heavy atom. The first-order valence-corrected chi connectivity index (χ1v) is 8.26. The van der Waals surface area contributed by atoms with Gasteiger partial charge in [0.15, 0.2) is 0 Å². The lowest BCUT2D eigenvalue weighted by molar-refractivity contribution is 0.0737. The minimum atomic E-state index is -0.356. The van der Waals surface area contributed by atoms with E-state index in [1.165, 1.54) is 0 Å². The van der Waals surface area contributed by atoms with Crippen LogP contribution in [0.3, 0.4) is 0 Å². The number of carbonyl (C=O) groups is 1. The molecule has 1 amide bonds. The summed E-state index contributed by atoms with van der Waals surface area (Å²) in [5.74, 6) is 1.44. The number of hydrogen-bond donors (Lipinski definition) is 0. The molecule has 0 N–H and O–H groups in total. The predicted molar refractivity (Wildman–Crippen MR) is 86.1 cm³/mol. The molecule has 5 nitrogen and oxygen atoms in total. The van der Waals surface area contributed by atoms with Gasteiger partial charge in [-0.15, -0.1) is 0 Å². The minimum absolute atomic E-state index is 0.105. The predicted octanol–water partition coefficient (Wildman–Crippen LogP) is 2.26. The van der Waals surface area contributed by atoms with Crippen molar-refractivity contribution in [1.82, 2.24) is 14.7 Å². The normalized spacial score (nSPS) is 18.0. The van der Waals surface area contributed by atoms with Crippen molar-refractivity contribution in [3.05, 3.63) is 47.8 Å². The van der Waals surface area contributed by atoms with Crippen LogP contribution in [-0.4, -0.2) is 44.7 Å². The lowest BCUT2D eigenvalue weighted by atomic mass is 10.2. The van der Waals surface area contributed by atoms with Crippen LogP contribution >= 0.6 is 11.8 Å². The highest BCUT2D eigenvalue weighted by molar-refractivity contribution is 7.99. The van der Waals surface area contributed by atoms with Gasteiger partial charge >= 0.3 is 0 Å². The Morgan fingerprint density at radius 1 is 1.41 bits per heavy atom. The molecule has 0 spiro atoms. The quantitative estimate of drug-likeness (QED) is 0.853. The van der Waals surface area contributed by atoms with E-state index in [1.807, 2.05) is 37.3 Å². The summed E-state index contributed by atoms with van der Waals surface area (Å²) >= 11 is 1.71. The van der Waals surface area contributed by atoms with Crippen LogP contribution in [0.5, 0.6) is 0 Å². The zero-order chi connectivity index (χ0) is 15.5. The number of aromatic nitrogens is 2. The molecule has 1 aliphatic rings. The van der Waals surface area contributed by atoms with Crippen LogP contribution in [0.1, 0.15) is 16.1 Å². The molecule has 0 saturated carbocycles. The molecule has 0 unspecified atom stereocenters. The summed E-state index contributed by atoms with van der Waals surface area (Å²) < 4.78 is 1.76. The van der Waals surface area contributed by atoms with Gasteiger partial charge in [0.2, 0.25) is 0 Å². The fraction of sp³-hybridized carbons (Fsp3) is 0.312. The van der Waals surface area contributed by atoms with E-state index in [4.69, 9.17) is 0 Å². The van der Waals surface area contributed by atoms with Gasteiger partial charge in [0, 0.05) is 18.1 Å². The maximum atomic E-state index is 12.7. The van der Waals surface area contributed by atoms with Gasteiger partial charge in [-0.2, -0.15) is 22.1 Å². The molecule has 22 heavy (non-hydrogen) atoms. The van der Waals surface area contributed by atoms with Crippen molar-refractivity contribution in [2.75, 3.05) is 18.1 Å². The van der Waals surface area contributed by atoms with Crippen molar-refractivity contribution in [3.63, 3.8) is 0 Å². The van der Waals surface area contributed by atoms with Crippen LogP contribution in [0.15, 0.2) is 36.5 Å². The van der Waals surface area contributed by atoms with E-state index in [1.54, 1.807) is 27.5 Å². The lowest BCUT2D eigenvalue weighted by Gasteiger charge is -2.30. The molecule has 1 aromatic heterocycles. The van der Waals surface area contributed by atoms with Crippen molar-refractivity contribution in [1.29, 1.82) is 5.26 Å². The lowest BCUT2D eigenvalue weighted by Crippen LogP contribution is -2.45. The van der Waals surface area contributed by atoms with Gasteiger partial charge in [0.25, 0.3) is 5.91 Å². The topological polar surface area (TPSA) is 61.9 Å². The van der Waals surface area contributed by atoms with Crippen LogP contribution in [0.4, 0.5) is 0 Å². The fourth-order valence-corrected chi connectivity index (χ4v) is 3.53. The number of amides is 1. The molecule has 2 heterocycles. The third-order valence-electron chi connectivity index (χ3n) is 3.78. The van der Waals surface area contributed by atoms with Crippen LogP contribution in [0.2, 0.25) is 0 Å². The van der Waals surface area contributed by atoms with Gasteiger partial charge in [0.1, 0.15) is 6.04 Å². The summed E-state index contributed by atoms with van der Waals surface area (Å²) in [5, 5.41) is 13.6. The van der Waals surface area contributed by atoms with E-state index in [2.05, 4.69) is 11.2 Å². The maximum Gasteiger partial charge on any atom is 0.258 e. The largest absolute Gasteiger partial charge is 0.321 e. The summed E-state index contributed by atoms with van der Waals surface area (Å²) in [6, 6.07) is 11.6. The van der Waals surface area contributed by atoms with Gasteiger partial charge in [0.05, 0.1) is 29.2 Å². The van der Waals surface area contributed by atoms with E-state index in [9.17, 15) is 10.1 Å². The summed E-state index contributed by atoms with van der Waals surface area (Å²) in [6.45, 7) is 2.49. The minimum Gasteiger partial charge on any atom is -0.321 e. The Hall–Kier alpha value is -2.26. The molecule has 1 aromatic carbocycles. The van der Waals surface area contributed by atoms with Gasteiger partial charge in [-0.3, -0.25) is 4.79 Å². The van der Waals surface area contributed by atoms with Crippen molar-refractivity contribution in [2.45, 2.75) is 13.0 Å². The highest BCUT2D eigenvalue weighted by atomic mass is 32.2. The first-order chi connectivity index (χ1) is 10.7. The summed E-state index contributed by atoms with van der Waals surface area (Å²) in [7, 11) is 0. The zero-order valence-electron chi connectivity index (χ0n) is 12.3. The van der Waals surface area contributed by atoms with Crippen molar-refractivity contribution >= 4 is 17.7 Å². The van der Waals surface area contributed by atoms with Crippen LogP contribution in [0.25, 0.3) is 5.69 Å². The molecule has 112 valence electrons. The second-order valence-corrected chi connectivity index (χ2v) is 6.26. The summed E-state index contributed by atoms with van der Waals surface area (Å²) in [5.41, 5.74) is 2.28. The molecule has 1 atom stereocenters. The number of hydrogen-bond acceptors (Lipinski definition) is 4. The van der Waals surface area contributed by atoms with Gasteiger partial charge in [-0.05, 0) is 19.1 Å². The van der Waals surface area contributed by atoms with Crippen molar-refractivity contribution < 1.29 is 4.79 Å². The molecule has 1 saturated heterocycles. The Balaban J connectivity index is 1.91. The molecule has 0 aliphatic carbocycles. The first kappa shape index (κ1) is 14.7. The maximum absolute atomic E-state index is 12.7. The van der Waals surface area contributed by atoms with Crippen molar-refractivity contribution in [2.24, 2.45) is 0 Å². The Kier molecular flexibility index (Phi) is 4.16. The molecular weight excluding hydrogens is 296 g/mol. The highest BCUT2D eigenvalue weighted by Gasteiger charge is 2.29. The average molecular weight is 312 g/mol. The van der Waals surface area contributed by atoms with Crippen molar-refractivity contribution in [3.8, 4) is 11.8 Å².